The van der Waals surface area contributed by atoms with Gasteiger partial charge in [0, 0.05) is 51.1 Å². The van der Waals surface area contributed by atoms with E-state index in [2.05, 4.69) is 31.8 Å². The van der Waals surface area contributed by atoms with Crippen molar-refractivity contribution in [3.63, 3.8) is 0 Å². The molecule has 0 atom stereocenters. The molecule has 5 heterocycles. The number of hydrogen-bond acceptors (Lipinski definition) is 11. The van der Waals surface area contributed by atoms with E-state index in [9.17, 15) is 19.5 Å². The Morgan fingerprint density at radius 2 is 2.00 bits per heavy atom. The van der Waals surface area contributed by atoms with Gasteiger partial charge < -0.3 is 29.0 Å². The van der Waals surface area contributed by atoms with Crippen LogP contribution in [-0.4, -0.2) is 85.9 Å². The number of aromatic nitrogens is 5. The van der Waals surface area contributed by atoms with Gasteiger partial charge >= 0.3 is 0 Å². The van der Waals surface area contributed by atoms with Gasteiger partial charge in [-0.15, -0.1) is 0 Å². The van der Waals surface area contributed by atoms with Gasteiger partial charge in [0.25, 0.3) is 11.5 Å². The molecule has 14 heteroatoms. The van der Waals surface area contributed by atoms with Gasteiger partial charge in [0.2, 0.25) is 11.5 Å². The molecule has 214 valence electrons. The maximum atomic E-state index is 13.8. The van der Waals surface area contributed by atoms with Crippen LogP contribution in [0.4, 0.5) is 5.69 Å². The highest BCUT2D eigenvalue weighted by atomic mass is 16.5. The van der Waals surface area contributed by atoms with E-state index in [0.717, 1.165) is 28.5 Å². The van der Waals surface area contributed by atoms with E-state index in [1.165, 1.54) is 6.33 Å². The number of carbonyl (C=O) groups excluding carboxylic acids is 2. The number of piperazine rings is 1. The van der Waals surface area contributed by atoms with Crippen LogP contribution in [0.2, 0.25) is 0 Å². The number of fused-ring (bicyclic) bond motifs is 1. The molecule has 0 radical (unpaired) electrons. The number of ether oxygens (including phenoxy) is 1. The van der Waals surface area contributed by atoms with Gasteiger partial charge in [-0.1, -0.05) is 6.92 Å². The maximum Gasteiger partial charge on any atom is 0.299 e. The Balaban J connectivity index is 1.47. The van der Waals surface area contributed by atoms with Gasteiger partial charge in [0.05, 0.1) is 31.1 Å². The summed E-state index contributed by atoms with van der Waals surface area (Å²) in [5.41, 5.74) is 2.90. The molecule has 0 aliphatic carbocycles. The first-order valence-corrected chi connectivity index (χ1v) is 13.3. The molecule has 1 amide bonds. The molecule has 0 spiro atoms. The number of hydrogen-bond donors (Lipinski definition) is 1. The number of anilines is 1. The molecule has 14 nitrogen and oxygen atoms in total. The summed E-state index contributed by atoms with van der Waals surface area (Å²) in [6.07, 6.45) is 4.89. The lowest BCUT2D eigenvalue weighted by molar-refractivity contribution is -0.108. The highest BCUT2D eigenvalue weighted by molar-refractivity contribution is 5.95. The van der Waals surface area contributed by atoms with Crippen LogP contribution in [-0.2, 0) is 30.7 Å². The van der Waals surface area contributed by atoms with Gasteiger partial charge in [0.15, 0.2) is 11.4 Å². The fourth-order valence-corrected chi connectivity index (χ4v) is 5.17. The average molecular weight is 562 g/mol. The first kappa shape index (κ1) is 27.7. The van der Waals surface area contributed by atoms with Crippen LogP contribution >= 0.6 is 0 Å². The predicted octanol–water partition coefficient (Wildman–Crippen LogP) is 0.0720. The Bertz CT molecular complexity index is 1640. The molecule has 5 rings (SSSR count). The third kappa shape index (κ3) is 5.19. The minimum Gasteiger partial charge on any atom is -0.504 e. The number of carbonyl (C=O) groups is 2. The summed E-state index contributed by atoms with van der Waals surface area (Å²) < 4.78 is 8.27. The molecular formula is C27H31N9O5. The number of rotatable bonds is 8. The lowest BCUT2D eigenvalue weighted by Crippen LogP contribution is -2.52. The summed E-state index contributed by atoms with van der Waals surface area (Å²) in [4.78, 5) is 59.0. The van der Waals surface area contributed by atoms with E-state index in [1.54, 1.807) is 22.6 Å². The van der Waals surface area contributed by atoms with E-state index >= 15 is 0 Å². The molecule has 2 aliphatic rings. The third-order valence-corrected chi connectivity index (χ3v) is 7.24. The SMILES string of the molecule is C=Nn1c(=O)c(N2CCN(C(=O)c3ncnc(C)c3O)CC2)c(CC)n(CC=O)c1=NCc1cnc2c(c1)CCO2. The number of aromatic hydroxyl groups is 1. The summed E-state index contributed by atoms with van der Waals surface area (Å²) in [6, 6.07) is 1.98. The summed E-state index contributed by atoms with van der Waals surface area (Å²) in [6.45, 7) is 9.14. The number of aryl methyl sites for hydroxylation is 1. The van der Waals surface area contributed by atoms with Gasteiger partial charge in [-0.3, -0.25) is 9.59 Å². The number of pyridine rings is 1. The lowest BCUT2D eigenvalue weighted by Gasteiger charge is -2.36. The number of nitrogens with zero attached hydrogens (tertiary/aromatic N) is 9. The monoisotopic (exact) mass is 561 g/mol. The molecule has 3 aromatic rings. The van der Waals surface area contributed by atoms with Crippen molar-refractivity contribution in [3.05, 3.63) is 62.8 Å². The lowest BCUT2D eigenvalue weighted by atomic mass is 10.2. The molecule has 2 aliphatic heterocycles. The summed E-state index contributed by atoms with van der Waals surface area (Å²) in [7, 11) is 0. The normalized spacial score (nSPS) is 15.0. The molecule has 1 N–H and O–H groups in total. The predicted molar refractivity (Wildman–Crippen MR) is 148 cm³/mol. The molecule has 0 saturated carbocycles. The molecule has 0 unspecified atom stereocenters. The molecule has 3 aromatic heterocycles. The van der Waals surface area contributed by atoms with Gasteiger partial charge in [-0.05, 0) is 25.0 Å². The third-order valence-electron chi connectivity index (χ3n) is 7.24. The van der Waals surface area contributed by atoms with Crippen molar-refractivity contribution in [1.29, 1.82) is 0 Å². The Kier molecular flexibility index (Phi) is 7.90. The Morgan fingerprint density at radius 1 is 1.22 bits per heavy atom. The summed E-state index contributed by atoms with van der Waals surface area (Å²) in [5.74, 6) is -0.0319. The maximum absolute atomic E-state index is 13.8. The largest absolute Gasteiger partial charge is 0.504 e. The van der Waals surface area contributed by atoms with Crippen LogP contribution in [0.1, 0.15) is 39.9 Å². The van der Waals surface area contributed by atoms with Gasteiger partial charge in [0.1, 0.15) is 18.3 Å². The zero-order chi connectivity index (χ0) is 29.1. The molecule has 41 heavy (non-hydrogen) atoms. The number of aldehydes is 1. The zero-order valence-corrected chi connectivity index (χ0v) is 23.0. The van der Waals surface area contributed by atoms with Crippen LogP contribution in [0.15, 0.2) is 33.5 Å². The van der Waals surface area contributed by atoms with Crippen molar-refractivity contribution in [3.8, 4) is 11.6 Å². The van der Waals surface area contributed by atoms with E-state index in [-0.39, 0.29) is 30.2 Å². The van der Waals surface area contributed by atoms with E-state index < -0.39 is 11.5 Å². The van der Waals surface area contributed by atoms with Gasteiger partial charge in [-0.25, -0.2) is 19.9 Å². The number of amides is 1. The smallest absolute Gasteiger partial charge is 0.299 e. The first-order chi connectivity index (χ1) is 19.9. The quantitative estimate of drug-likeness (QED) is 0.296. The second kappa shape index (κ2) is 11.7. The van der Waals surface area contributed by atoms with Gasteiger partial charge in [-0.2, -0.15) is 9.78 Å². The second-order valence-corrected chi connectivity index (χ2v) is 9.64. The van der Waals surface area contributed by atoms with Crippen molar-refractivity contribution in [2.75, 3.05) is 37.7 Å². The second-order valence-electron chi connectivity index (χ2n) is 9.64. The summed E-state index contributed by atoms with van der Waals surface area (Å²) in [5, 5.41) is 14.2. The van der Waals surface area contributed by atoms with Crippen LogP contribution in [0.3, 0.4) is 0 Å². The molecule has 1 saturated heterocycles. The van der Waals surface area contributed by atoms with E-state index in [4.69, 9.17) is 4.74 Å². The molecule has 0 aromatic carbocycles. The average Bonchev–Trinajstić information content (AvgIpc) is 3.46. The van der Waals surface area contributed by atoms with Crippen molar-refractivity contribution in [1.82, 2.24) is 29.1 Å². The molecule has 0 bridgehead atoms. The van der Waals surface area contributed by atoms with Crippen LogP contribution in [0.5, 0.6) is 11.6 Å². The van der Waals surface area contributed by atoms with Crippen LogP contribution in [0.25, 0.3) is 0 Å². The van der Waals surface area contributed by atoms with Crippen molar-refractivity contribution in [2.45, 2.75) is 39.8 Å². The van der Waals surface area contributed by atoms with Crippen molar-refractivity contribution >= 4 is 24.6 Å². The first-order valence-electron chi connectivity index (χ1n) is 13.3. The topological polar surface area (TPSA) is 160 Å². The highest BCUT2D eigenvalue weighted by Crippen LogP contribution is 2.24. The molecular weight excluding hydrogens is 530 g/mol. The van der Waals surface area contributed by atoms with Crippen LogP contribution < -0.4 is 20.8 Å². The van der Waals surface area contributed by atoms with E-state index in [1.807, 2.05) is 17.9 Å². The highest BCUT2D eigenvalue weighted by Gasteiger charge is 2.29. The zero-order valence-electron chi connectivity index (χ0n) is 23.0. The van der Waals surface area contributed by atoms with E-state index in [0.29, 0.717) is 62.2 Å². The Hall–Kier alpha value is -4.88. The molecule has 1 fully saturated rings. The van der Waals surface area contributed by atoms with Crippen molar-refractivity contribution in [2.24, 2.45) is 10.1 Å². The van der Waals surface area contributed by atoms with Crippen molar-refractivity contribution < 1.29 is 19.4 Å². The summed E-state index contributed by atoms with van der Waals surface area (Å²) >= 11 is 0. The van der Waals surface area contributed by atoms with Crippen LogP contribution in [0, 0.1) is 6.92 Å². The minimum absolute atomic E-state index is 0.0358. The Labute approximate surface area is 235 Å². The fraction of sp³-hybridized carbons (Fsp3) is 0.407. The standard InChI is InChI=1S/C27H31N9O5/c1-4-20-22(33-6-8-34(9-7-33)25(39)21-23(38)17(2)31-16-32-21)26(40)36(28-3)27(35(20)10-11-37)30-15-18-13-19-5-12-41-24(19)29-14-18/h11,13-14,16,38H,3-10,12,15H2,1-2H3. The Morgan fingerprint density at radius 3 is 2.71 bits per heavy atom. The fourth-order valence-electron chi connectivity index (χ4n) is 5.17. The minimum atomic E-state index is -0.415.